The minimum absolute atomic E-state index is 0.186. The molecule has 0 unspecified atom stereocenters. The summed E-state index contributed by atoms with van der Waals surface area (Å²) in [5.41, 5.74) is 6.59. The summed E-state index contributed by atoms with van der Waals surface area (Å²) in [7, 11) is 0. The Bertz CT molecular complexity index is 992. The van der Waals surface area contributed by atoms with Gasteiger partial charge >= 0.3 is 0 Å². The Balaban J connectivity index is 1.86. The second kappa shape index (κ2) is 9.43. The van der Waals surface area contributed by atoms with E-state index in [0.29, 0.717) is 33.0 Å². The van der Waals surface area contributed by atoms with Gasteiger partial charge in [0.15, 0.2) is 22.4 Å². The standard InChI is InChI=1S/C20H17BrN2O4S2/c1-2-26-16-9-12(3-8-15(16)27-11-18(22)24)10-17-19(25)23(20(28)29-17)14-6-4-13(21)5-7-14/h3-10H,2,11H2,1H3,(H2,22,24)/b17-10-. The van der Waals surface area contributed by atoms with Crippen LogP contribution in [0.4, 0.5) is 5.69 Å². The van der Waals surface area contributed by atoms with Crippen LogP contribution in [0.25, 0.3) is 6.08 Å². The van der Waals surface area contributed by atoms with Gasteiger partial charge in [0.1, 0.15) is 0 Å². The summed E-state index contributed by atoms with van der Waals surface area (Å²) in [5.74, 6) is 0.110. The van der Waals surface area contributed by atoms with Gasteiger partial charge in [-0.3, -0.25) is 14.5 Å². The van der Waals surface area contributed by atoms with Crippen molar-refractivity contribution in [3.8, 4) is 11.5 Å². The zero-order chi connectivity index (χ0) is 21.0. The Morgan fingerprint density at radius 2 is 1.93 bits per heavy atom. The Morgan fingerprint density at radius 3 is 2.59 bits per heavy atom. The third kappa shape index (κ3) is 5.17. The van der Waals surface area contributed by atoms with Crippen LogP contribution < -0.4 is 20.1 Å². The number of primary amides is 1. The number of hydrogen-bond acceptors (Lipinski definition) is 6. The van der Waals surface area contributed by atoms with Crippen molar-refractivity contribution < 1.29 is 19.1 Å². The van der Waals surface area contributed by atoms with E-state index in [9.17, 15) is 9.59 Å². The molecule has 1 saturated heterocycles. The predicted octanol–water partition coefficient (Wildman–Crippen LogP) is 4.12. The van der Waals surface area contributed by atoms with Crippen molar-refractivity contribution in [3.05, 3.63) is 57.4 Å². The molecule has 3 rings (SSSR count). The van der Waals surface area contributed by atoms with Crippen LogP contribution in [0.1, 0.15) is 12.5 Å². The molecule has 0 aliphatic carbocycles. The molecular weight excluding hydrogens is 476 g/mol. The summed E-state index contributed by atoms with van der Waals surface area (Å²) in [6, 6.07) is 12.6. The Labute approximate surface area is 186 Å². The van der Waals surface area contributed by atoms with Gasteiger partial charge < -0.3 is 15.2 Å². The number of hydrogen-bond donors (Lipinski definition) is 1. The van der Waals surface area contributed by atoms with Crippen LogP contribution in [0.15, 0.2) is 51.8 Å². The fourth-order valence-corrected chi connectivity index (χ4v) is 4.15. The maximum absolute atomic E-state index is 12.9. The molecule has 2 N–H and O–H groups in total. The number of nitrogens with two attached hydrogens (primary N) is 1. The molecule has 0 saturated carbocycles. The summed E-state index contributed by atoms with van der Waals surface area (Å²) >= 11 is 10.0. The number of rotatable bonds is 7. The van der Waals surface area contributed by atoms with Crippen molar-refractivity contribution >= 4 is 67.8 Å². The highest BCUT2D eigenvalue weighted by atomic mass is 79.9. The quantitative estimate of drug-likeness (QED) is 0.462. The summed E-state index contributed by atoms with van der Waals surface area (Å²) in [6.07, 6.45) is 1.75. The molecule has 1 fully saturated rings. The number of benzene rings is 2. The smallest absolute Gasteiger partial charge is 0.270 e. The molecule has 9 heteroatoms. The molecule has 1 aliphatic heterocycles. The first-order chi connectivity index (χ1) is 13.9. The highest BCUT2D eigenvalue weighted by Gasteiger charge is 2.33. The first-order valence-corrected chi connectivity index (χ1v) is 10.6. The number of thioether (sulfide) groups is 1. The molecule has 2 aromatic carbocycles. The van der Waals surface area contributed by atoms with Crippen molar-refractivity contribution in [2.24, 2.45) is 5.73 Å². The number of ether oxygens (including phenoxy) is 2. The van der Waals surface area contributed by atoms with E-state index >= 15 is 0 Å². The van der Waals surface area contributed by atoms with Gasteiger partial charge in [0.05, 0.1) is 17.2 Å². The van der Waals surface area contributed by atoms with Gasteiger partial charge in [-0.05, 0) is 55.0 Å². The lowest BCUT2D eigenvalue weighted by atomic mass is 10.1. The van der Waals surface area contributed by atoms with E-state index < -0.39 is 5.91 Å². The molecule has 0 atom stereocenters. The normalized spacial score (nSPS) is 15.1. The first-order valence-electron chi connectivity index (χ1n) is 8.60. The van der Waals surface area contributed by atoms with E-state index in [0.717, 1.165) is 10.0 Å². The van der Waals surface area contributed by atoms with Gasteiger partial charge in [0.25, 0.3) is 11.8 Å². The minimum Gasteiger partial charge on any atom is -0.490 e. The SMILES string of the molecule is CCOc1cc(/C=C2\SC(=S)N(c3ccc(Br)cc3)C2=O)ccc1OCC(N)=O. The molecule has 150 valence electrons. The Hall–Kier alpha value is -2.36. The molecule has 2 amide bonds. The summed E-state index contributed by atoms with van der Waals surface area (Å²) < 4.78 is 12.3. The lowest BCUT2D eigenvalue weighted by Gasteiger charge is -2.14. The van der Waals surface area contributed by atoms with E-state index in [1.807, 2.05) is 31.2 Å². The van der Waals surface area contributed by atoms with Crippen molar-refractivity contribution in [2.45, 2.75) is 6.92 Å². The zero-order valence-electron chi connectivity index (χ0n) is 15.4. The molecule has 0 bridgehead atoms. The highest BCUT2D eigenvalue weighted by molar-refractivity contribution is 9.10. The maximum Gasteiger partial charge on any atom is 0.270 e. The van der Waals surface area contributed by atoms with E-state index in [4.69, 9.17) is 27.4 Å². The van der Waals surface area contributed by atoms with Gasteiger partial charge in [-0.1, -0.05) is 46.0 Å². The van der Waals surface area contributed by atoms with Crippen LogP contribution in [0.5, 0.6) is 11.5 Å². The first kappa shape index (κ1) is 21.4. The van der Waals surface area contributed by atoms with E-state index in [1.165, 1.54) is 16.7 Å². The molecule has 1 heterocycles. The summed E-state index contributed by atoms with van der Waals surface area (Å²) in [5, 5.41) is 0. The minimum atomic E-state index is -0.576. The van der Waals surface area contributed by atoms with Gasteiger partial charge in [-0.2, -0.15) is 0 Å². The topological polar surface area (TPSA) is 81.9 Å². The van der Waals surface area contributed by atoms with E-state index in [-0.39, 0.29) is 12.5 Å². The maximum atomic E-state index is 12.9. The average molecular weight is 493 g/mol. The van der Waals surface area contributed by atoms with Gasteiger partial charge in [-0.15, -0.1) is 0 Å². The van der Waals surface area contributed by atoms with Crippen LogP contribution in [0.2, 0.25) is 0 Å². The Morgan fingerprint density at radius 1 is 1.21 bits per heavy atom. The van der Waals surface area contributed by atoms with E-state index in [2.05, 4.69) is 15.9 Å². The summed E-state index contributed by atoms with van der Waals surface area (Å²) in [6.45, 7) is 2.02. The van der Waals surface area contributed by atoms with Crippen LogP contribution in [-0.4, -0.2) is 29.3 Å². The zero-order valence-corrected chi connectivity index (χ0v) is 18.6. The average Bonchev–Trinajstić information content (AvgIpc) is 2.95. The number of thiocarbonyl (C=S) groups is 1. The second-order valence-corrected chi connectivity index (χ2v) is 8.48. The number of carbonyl (C=O) groups is 2. The van der Waals surface area contributed by atoms with E-state index in [1.54, 1.807) is 24.3 Å². The predicted molar refractivity (Wildman–Crippen MR) is 122 cm³/mol. The lowest BCUT2D eigenvalue weighted by molar-refractivity contribution is -0.120. The molecule has 0 radical (unpaired) electrons. The van der Waals surface area contributed by atoms with Crippen LogP contribution in [-0.2, 0) is 9.59 Å². The number of halogens is 1. The molecule has 29 heavy (non-hydrogen) atoms. The highest BCUT2D eigenvalue weighted by Crippen LogP contribution is 2.37. The number of carbonyl (C=O) groups excluding carboxylic acids is 2. The number of nitrogens with zero attached hydrogens (tertiary/aromatic N) is 1. The van der Waals surface area contributed by atoms with Crippen molar-refractivity contribution in [1.29, 1.82) is 0 Å². The lowest BCUT2D eigenvalue weighted by Crippen LogP contribution is -2.27. The molecular formula is C20H17BrN2O4S2. The van der Waals surface area contributed by atoms with Crippen molar-refractivity contribution in [1.82, 2.24) is 0 Å². The molecule has 6 nitrogen and oxygen atoms in total. The molecule has 2 aromatic rings. The van der Waals surface area contributed by atoms with Gasteiger partial charge in [0.2, 0.25) is 0 Å². The fourth-order valence-electron chi connectivity index (χ4n) is 2.58. The Kier molecular flexibility index (Phi) is 6.94. The fraction of sp³-hybridized carbons (Fsp3) is 0.150. The van der Waals surface area contributed by atoms with Crippen LogP contribution in [0.3, 0.4) is 0 Å². The van der Waals surface area contributed by atoms with Gasteiger partial charge in [0, 0.05) is 4.47 Å². The molecule has 1 aliphatic rings. The largest absolute Gasteiger partial charge is 0.490 e. The summed E-state index contributed by atoms with van der Waals surface area (Å²) in [4.78, 5) is 25.9. The number of anilines is 1. The van der Waals surface area contributed by atoms with Gasteiger partial charge in [-0.25, -0.2) is 0 Å². The van der Waals surface area contributed by atoms with Crippen LogP contribution >= 0.6 is 39.9 Å². The third-order valence-corrected chi connectivity index (χ3v) is 5.64. The second-order valence-electron chi connectivity index (χ2n) is 5.89. The molecule has 0 spiro atoms. The monoisotopic (exact) mass is 492 g/mol. The van der Waals surface area contributed by atoms with Crippen LogP contribution in [0, 0.1) is 0 Å². The third-order valence-electron chi connectivity index (χ3n) is 3.81. The number of amides is 2. The molecule has 0 aromatic heterocycles. The van der Waals surface area contributed by atoms with Crippen molar-refractivity contribution in [2.75, 3.05) is 18.1 Å². The van der Waals surface area contributed by atoms with Crippen molar-refractivity contribution in [3.63, 3.8) is 0 Å².